The van der Waals surface area contributed by atoms with Crippen LogP contribution in [0.2, 0.25) is 0 Å². The number of nitrogens with zero attached hydrogens (tertiary/aromatic N) is 2. The second-order valence-corrected chi connectivity index (χ2v) is 1.38. The van der Waals surface area contributed by atoms with E-state index < -0.39 is 0 Å². The molecule has 1 aliphatic heterocycles. The maximum absolute atomic E-state index is 9.84. The van der Waals surface area contributed by atoms with Crippen molar-refractivity contribution in [3.05, 3.63) is 12.3 Å². The van der Waals surface area contributed by atoms with Crippen LogP contribution in [0.5, 0.6) is 0 Å². The van der Waals surface area contributed by atoms with Gasteiger partial charge in [-0.2, -0.15) is 0 Å². The van der Waals surface area contributed by atoms with Gasteiger partial charge in [0.15, 0.2) is 0 Å². The molecule has 1 heterocycles. The van der Waals surface area contributed by atoms with E-state index in [1.165, 1.54) is 4.90 Å². The van der Waals surface area contributed by atoms with Gasteiger partial charge in [-0.15, -0.1) is 0 Å². The molecule has 0 N–H and O–H groups in total. The molecule has 1 rings (SSSR count). The van der Waals surface area contributed by atoms with Crippen LogP contribution in [0.3, 0.4) is 0 Å². The summed E-state index contributed by atoms with van der Waals surface area (Å²) in [5, 5.41) is 0. The summed E-state index contributed by atoms with van der Waals surface area (Å²) >= 11 is 0. The first-order valence-corrected chi connectivity index (χ1v) is 2.24. The van der Waals surface area contributed by atoms with Crippen molar-refractivity contribution >= 4 is 12.6 Å². The molecule has 0 spiro atoms. The van der Waals surface area contributed by atoms with E-state index in [2.05, 4.69) is 4.99 Å². The number of aliphatic imine (C=N–C) groups is 1. The molecule has 1 aliphatic rings. The predicted molar refractivity (Wildman–Crippen MR) is 30.0 cm³/mol. The standard InChI is InChI=1S/C5H5N2O/c8-5-7-3-1-2-6-4-7/h1-3H,4H2. The topological polar surface area (TPSA) is 32.7 Å². The largest absolute Gasteiger partial charge is 0.318 e. The van der Waals surface area contributed by atoms with Crippen LogP contribution in [0, 0.1) is 0 Å². The van der Waals surface area contributed by atoms with Gasteiger partial charge in [-0.25, -0.2) is 0 Å². The van der Waals surface area contributed by atoms with Gasteiger partial charge in [0.1, 0.15) is 6.67 Å². The maximum atomic E-state index is 9.84. The van der Waals surface area contributed by atoms with Crippen LogP contribution in [0.15, 0.2) is 17.3 Å². The Hall–Kier alpha value is -1.12. The van der Waals surface area contributed by atoms with Crippen LogP contribution in [-0.2, 0) is 4.79 Å². The number of rotatable bonds is 1. The summed E-state index contributed by atoms with van der Waals surface area (Å²) in [5.74, 6) is 0. The van der Waals surface area contributed by atoms with Crippen LogP contribution in [0.4, 0.5) is 0 Å². The van der Waals surface area contributed by atoms with Crippen LogP contribution in [-0.4, -0.2) is 24.2 Å². The quantitative estimate of drug-likeness (QED) is 0.463. The number of carbonyl (C=O) groups excluding carboxylic acids is 1. The lowest BCUT2D eigenvalue weighted by atomic mass is 10.6. The summed E-state index contributed by atoms with van der Waals surface area (Å²) in [6.07, 6.45) is 6.65. The highest BCUT2D eigenvalue weighted by atomic mass is 16.1. The summed E-state index contributed by atoms with van der Waals surface area (Å²) in [6, 6.07) is 0. The fourth-order valence-electron chi connectivity index (χ4n) is 0.445. The van der Waals surface area contributed by atoms with Gasteiger partial charge in [-0.05, 0) is 6.08 Å². The maximum Gasteiger partial charge on any atom is 0.318 e. The molecule has 0 aromatic heterocycles. The summed E-state index contributed by atoms with van der Waals surface area (Å²) in [6.45, 7) is 0.403. The van der Waals surface area contributed by atoms with Gasteiger partial charge in [0, 0.05) is 12.4 Å². The molecule has 0 fully saturated rings. The zero-order valence-corrected chi connectivity index (χ0v) is 4.24. The highest BCUT2D eigenvalue weighted by Gasteiger charge is 1.95. The predicted octanol–water partition coefficient (Wildman–Crippen LogP) is -0.0888. The molecular formula is C5H5N2O. The number of hydrogen-bond acceptors (Lipinski definition) is 2. The van der Waals surface area contributed by atoms with Crippen LogP contribution >= 0.6 is 0 Å². The second kappa shape index (κ2) is 2.26. The molecular weight excluding hydrogens is 104 g/mol. The van der Waals surface area contributed by atoms with Gasteiger partial charge >= 0.3 is 6.41 Å². The molecule has 0 atom stereocenters. The molecule has 0 saturated carbocycles. The average molecular weight is 109 g/mol. The highest BCUT2D eigenvalue weighted by Crippen LogP contribution is 1.88. The molecule has 0 saturated heterocycles. The van der Waals surface area contributed by atoms with E-state index in [4.69, 9.17) is 0 Å². The first kappa shape index (κ1) is 5.03. The van der Waals surface area contributed by atoms with Gasteiger partial charge in [0.25, 0.3) is 0 Å². The first-order valence-electron chi connectivity index (χ1n) is 2.24. The first-order chi connectivity index (χ1) is 3.93. The van der Waals surface area contributed by atoms with Crippen molar-refractivity contribution in [2.75, 3.05) is 6.67 Å². The third kappa shape index (κ3) is 0.932. The number of allylic oxidation sites excluding steroid dienone is 1. The SMILES string of the molecule is O=[C]N1C=CC=NC1. The zero-order chi connectivity index (χ0) is 5.82. The van der Waals surface area contributed by atoms with Crippen molar-refractivity contribution in [1.82, 2.24) is 4.90 Å². The molecule has 1 radical (unpaired) electrons. The molecule has 3 heteroatoms. The Kier molecular flexibility index (Phi) is 1.42. The van der Waals surface area contributed by atoms with Crippen LogP contribution in [0.25, 0.3) is 0 Å². The second-order valence-electron chi connectivity index (χ2n) is 1.38. The summed E-state index contributed by atoms with van der Waals surface area (Å²) in [7, 11) is 0. The number of hydrogen-bond donors (Lipinski definition) is 0. The van der Waals surface area contributed by atoms with Crippen molar-refractivity contribution in [3.8, 4) is 0 Å². The van der Waals surface area contributed by atoms with Gasteiger partial charge in [-0.1, -0.05) is 0 Å². The Morgan fingerprint density at radius 2 is 2.62 bits per heavy atom. The fourth-order valence-corrected chi connectivity index (χ4v) is 0.445. The summed E-state index contributed by atoms with van der Waals surface area (Å²) in [5.41, 5.74) is 0. The summed E-state index contributed by atoms with van der Waals surface area (Å²) < 4.78 is 0. The van der Waals surface area contributed by atoms with Gasteiger partial charge < -0.3 is 0 Å². The molecule has 8 heavy (non-hydrogen) atoms. The minimum absolute atomic E-state index is 0.403. The smallest absolute Gasteiger partial charge is 0.291 e. The van der Waals surface area contributed by atoms with Crippen molar-refractivity contribution in [2.45, 2.75) is 0 Å². The van der Waals surface area contributed by atoms with E-state index in [0.29, 0.717) is 6.67 Å². The monoisotopic (exact) mass is 109 g/mol. The average Bonchev–Trinajstić information content (AvgIpc) is 1.90. The fraction of sp³-hybridized carbons (Fsp3) is 0.200. The minimum Gasteiger partial charge on any atom is -0.291 e. The van der Waals surface area contributed by atoms with Crippen molar-refractivity contribution in [2.24, 2.45) is 4.99 Å². The lowest BCUT2D eigenvalue weighted by Crippen LogP contribution is -2.16. The normalized spacial score (nSPS) is 16.8. The van der Waals surface area contributed by atoms with Crippen molar-refractivity contribution in [1.29, 1.82) is 0 Å². The van der Waals surface area contributed by atoms with E-state index >= 15 is 0 Å². The van der Waals surface area contributed by atoms with Crippen LogP contribution in [0.1, 0.15) is 0 Å². The lowest BCUT2D eigenvalue weighted by molar-refractivity contribution is 0.467. The molecule has 0 unspecified atom stereocenters. The molecule has 0 aromatic carbocycles. The Morgan fingerprint density at radius 3 is 3.00 bits per heavy atom. The highest BCUT2D eigenvalue weighted by molar-refractivity contribution is 5.72. The summed E-state index contributed by atoms with van der Waals surface area (Å²) in [4.78, 5) is 15.0. The van der Waals surface area contributed by atoms with Crippen molar-refractivity contribution in [3.63, 3.8) is 0 Å². The molecule has 0 aliphatic carbocycles. The Labute approximate surface area is 47.3 Å². The van der Waals surface area contributed by atoms with Crippen LogP contribution < -0.4 is 0 Å². The Bertz CT molecular complexity index is 139. The van der Waals surface area contributed by atoms with E-state index in [1.54, 1.807) is 24.9 Å². The third-order valence-electron chi connectivity index (χ3n) is 0.809. The lowest BCUT2D eigenvalue weighted by Gasteiger charge is -2.07. The molecule has 0 bridgehead atoms. The number of amides is 1. The molecule has 0 aromatic rings. The van der Waals surface area contributed by atoms with E-state index in [1.807, 2.05) is 0 Å². The van der Waals surface area contributed by atoms with Gasteiger partial charge in [0.05, 0.1) is 0 Å². The van der Waals surface area contributed by atoms with Crippen molar-refractivity contribution < 1.29 is 4.79 Å². The molecule has 3 nitrogen and oxygen atoms in total. The zero-order valence-electron chi connectivity index (χ0n) is 4.24. The van der Waals surface area contributed by atoms with Gasteiger partial charge in [-0.3, -0.25) is 14.7 Å². The third-order valence-corrected chi connectivity index (χ3v) is 0.809. The molecule has 1 amide bonds. The minimum atomic E-state index is 0.403. The van der Waals surface area contributed by atoms with E-state index in [0.717, 1.165) is 0 Å². The Balaban J connectivity index is 2.51. The van der Waals surface area contributed by atoms with E-state index in [9.17, 15) is 4.79 Å². The van der Waals surface area contributed by atoms with E-state index in [-0.39, 0.29) is 0 Å². The Morgan fingerprint density at radius 1 is 1.75 bits per heavy atom. The van der Waals surface area contributed by atoms with Gasteiger partial charge in [0.2, 0.25) is 0 Å². The molecule has 41 valence electrons.